The molecule has 3 aromatic rings. The normalized spacial score (nSPS) is 15.6. The Hall–Kier alpha value is -3.27. The van der Waals surface area contributed by atoms with E-state index in [1.54, 1.807) is 14.2 Å². The fourth-order valence-corrected chi connectivity index (χ4v) is 3.62. The summed E-state index contributed by atoms with van der Waals surface area (Å²) in [6.45, 7) is 0.541. The van der Waals surface area contributed by atoms with E-state index in [4.69, 9.17) is 9.47 Å². The van der Waals surface area contributed by atoms with Gasteiger partial charge in [-0.1, -0.05) is 42.5 Å². The van der Waals surface area contributed by atoms with Crippen LogP contribution in [-0.4, -0.2) is 20.1 Å². The van der Waals surface area contributed by atoms with Crippen LogP contribution < -0.4 is 14.4 Å². The molecule has 1 atom stereocenters. The second-order valence-corrected chi connectivity index (χ2v) is 6.54. The van der Waals surface area contributed by atoms with E-state index in [0.29, 0.717) is 6.54 Å². The zero-order valence-electron chi connectivity index (χ0n) is 15.4. The first-order chi connectivity index (χ1) is 13.2. The molecule has 1 aliphatic rings. The molecule has 0 aromatic heterocycles. The van der Waals surface area contributed by atoms with Crippen LogP contribution in [0.15, 0.2) is 72.8 Å². The molecule has 136 valence electrons. The molecule has 0 saturated heterocycles. The van der Waals surface area contributed by atoms with Crippen molar-refractivity contribution in [1.82, 2.24) is 0 Å². The molecule has 0 bridgehead atoms. The molecule has 4 nitrogen and oxygen atoms in total. The largest absolute Gasteiger partial charge is 0.497 e. The maximum atomic E-state index is 13.4. The van der Waals surface area contributed by atoms with Crippen LogP contribution in [0.5, 0.6) is 11.5 Å². The van der Waals surface area contributed by atoms with E-state index in [1.165, 1.54) is 0 Å². The van der Waals surface area contributed by atoms with Gasteiger partial charge in [0.05, 0.1) is 26.7 Å². The Morgan fingerprint density at radius 2 is 1.59 bits per heavy atom. The van der Waals surface area contributed by atoms with Gasteiger partial charge in [0, 0.05) is 5.69 Å². The summed E-state index contributed by atoms with van der Waals surface area (Å²) in [4.78, 5) is 15.3. The van der Waals surface area contributed by atoms with Crippen molar-refractivity contribution in [1.29, 1.82) is 0 Å². The fourth-order valence-electron chi connectivity index (χ4n) is 3.62. The fraction of sp³-hybridized carbons (Fsp3) is 0.174. The number of amides is 1. The number of benzene rings is 3. The second-order valence-electron chi connectivity index (χ2n) is 6.54. The van der Waals surface area contributed by atoms with E-state index in [-0.39, 0.29) is 11.8 Å². The lowest BCUT2D eigenvalue weighted by Crippen LogP contribution is -2.28. The predicted octanol–water partition coefficient (Wildman–Crippen LogP) is 4.38. The Balaban J connectivity index is 1.79. The summed E-state index contributed by atoms with van der Waals surface area (Å²) in [7, 11) is 3.27. The number of hydrogen-bond donors (Lipinski definition) is 0. The van der Waals surface area contributed by atoms with Crippen molar-refractivity contribution in [3.05, 3.63) is 89.5 Å². The van der Waals surface area contributed by atoms with Crippen molar-refractivity contribution in [2.24, 2.45) is 0 Å². The SMILES string of the molecule is COc1cccc(C2C(=O)N(Cc3ccccc3)c3ccc(OC)cc32)c1. The average Bonchev–Trinajstić information content (AvgIpc) is 2.99. The summed E-state index contributed by atoms with van der Waals surface area (Å²) in [5, 5.41) is 0. The third kappa shape index (κ3) is 3.14. The van der Waals surface area contributed by atoms with Crippen molar-refractivity contribution in [2.75, 3.05) is 19.1 Å². The molecule has 0 saturated carbocycles. The minimum Gasteiger partial charge on any atom is -0.497 e. The maximum Gasteiger partial charge on any atom is 0.239 e. The zero-order valence-corrected chi connectivity index (χ0v) is 15.4. The molecule has 1 amide bonds. The number of hydrogen-bond acceptors (Lipinski definition) is 3. The third-order valence-electron chi connectivity index (χ3n) is 4.96. The lowest BCUT2D eigenvalue weighted by Gasteiger charge is -2.18. The molecule has 0 radical (unpaired) electrons. The number of methoxy groups -OCH3 is 2. The molecule has 0 N–H and O–H groups in total. The third-order valence-corrected chi connectivity index (χ3v) is 4.96. The van der Waals surface area contributed by atoms with Crippen LogP contribution in [0.25, 0.3) is 0 Å². The molecule has 4 rings (SSSR count). The number of rotatable bonds is 5. The van der Waals surface area contributed by atoms with Gasteiger partial charge in [-0.2, -0.15) is 0 Å². The topological polar surface area (TPSA) is 38.8 Å². The molecule has 4 heteroatoms. The number of anilines is 1. The van der Waals surface area contributed by atoms with E-state index >= 15 is 0 Å². The molecule has 1 unspecified atom stereocenters. The molecule has 0 aliphatic carbocycles. The van der Waals surface area contributed by atoms with Crippen molar-refractivity contribution in [3.63, 3.8) is 0 Å². The molecule has 1 aliphatic heterocycles. The Kier molecular flexibility index (Phi) is 4.55. The highest BCUT2D eigenvalue weighted by molar-refractivity contribution is 6.07. The van der Waals surface area contributed by atoms with Gasteiger partial charge in [-0.05, 0) is 47.0 Å². The Bertz CT molecular complexity index is 968. The lowest BCUT2D eigenvalue weighted by atomic mass is 9.92. The minimum atomic E-state index is -0.367. The van der Waals surface area contributed by atoms with E-state index < -0.39 is 0 Å². The Labute approximate surface area is 159 Å². The first-order valence-electron chi connectivity index (χ1n) is 8.88. The highest BCUT2D eigenvalue weighted by Gasteiger charge is 2.38. The summed E-state index contributed by atoms with van der Waals surface area (Å²) in [5.74, 6) is 1.19. The molecule has 0 spiro atoms. The van der Waals surface area contributed by atoms with Crippen molar-refractivity contribution < 1.29 is 14.3 Å². The first-order valence-corrected chi connectivity index (χ1v) is 8.88. The van der Waals surface area contributed by atoms with Crippen LogP contribution in [0.2, 0.25) is 0 Å². The van der Waals surface area contributed by atoms with Gasteiger partial charge in [0.2, 0.25) is 5.91 Å². The minimum absolute atomic E-state index is 0.0651. The number of nitrogens with zero attached hydrogens (tertiary/aromatic N) is 1. The lowest BCUT2D eigenvalue weighted by molar-refractivity contribution is -0.118. The predicted molar refractivity (Wildman–Crippen MR) is 105 cm³/mol. The molecule has 27 heavy (non-hydrogen) atoms. The van der Waals surface area contributed by atoms with Gasteiger partial charge in [-0.3, -0.25) is 4.79 Å². The van der Waals surface area contributed by atoms with Crippen LogP contribution in [0, 0.1) is 0 Å². The summed E-state index contributed by atoms with van der Waals surface area (Å²) in [5.41, 5.74) is 3.91. The summed E-state index contributed by atoms with van der Waals surface area (Å²) < 4.78 is 10.8. The van der Waals surface area contributed by atoms with Gasteiger partial charge in [0.1, 0.15) is 11.5 Å². The highest BCUT2D eigenvalue weighted by Crippen LogP contribution is 2.44. The molecular formula is C23H21NO3. The quantitative estimate of drug-likeness (QED) is 0.678. The molecular weight excluding hydrogens is 338 g/mol. The average molecular weight is 359 g/mol. The monoisotopic (exact) mass is 359 g/mol. The van der Waals surface area contributed by atoms with Crippen LogP contribution >= 0.6 is 0 Å². The smallest absolute Gasteiger partial charge is 0.239 e. The van der Waals surface area contributed by atoms with Crippen LogP contribution in [0.4, 0.5) is 5.69 Å². The van der Waals surface area contributed by atoms with Crippen molar-refractivity contribution >= 4 is 11.6 Å². The second kappa shape index (κ2) is 7.16. The van der Waals surface area contributed by atoms with Gasteiger partial charge < -0.3 is 14.4 Å². The van der Waals surface area contributed by atoms with E-state index in [9.17, 15) is 4.79 Å². The van der Waals surface area contributed by atoms with Crippen LogP contribution in [-0.2, 0) is 11.3 Å². The van der Waals surface area contributed by atoms with Gasteiger partial charge in [0.15, 0.2) is 0 Å². The number of carbonyl (C=O) groups excluding carboxylic acids is 1. The van der Waals surface area contributed by atoms with Crippen molar-refractivity contribution in [3.8, 4) is 11.5 Å². The van der Waals surface area contributed by atoms with E-state index in [2.05, 4.69) is 0 Å². The highest BCUT2D eigenvalue weighted by atomic mass is 16.5. The maximum absolute atomic E-state index is 13.4. The molecule has 3 aromatic carbocycles. The number of carbonyl (C=O) groups is 1. The first kappa shape index (κ1) is 17.2. The summed E-state index contributed by atoms with van der Waals surface area (Å²) >= 11 is 0. The Morgan fingerprint density at radius 1 is 0.852 bits per heavy atom. The number of ether oxygens (including phenoxy) is 2. The summed E-state index contributed by atoms with van der Waals surface area (Å²) in [6.07, 6.45) is 0. The Morgan fingerprint density at radius 3 is 2.33 bits per heavy atom. The van der Waals surface area contributed by atoms with Crippen molar-refractivity contribution in [2.45, 2.75) is 12.5 Å². The zero-order chi connectivity index (χ0) is 18.8. The number of fused-ring (bicyclic) bond motifs is 1. The van der Waals surface area contributed by atoms with E-state index in [0.717, 1.165) is 33.9 Å². The van der Waals surface area contributed by atoms with Gasteiger partial charge in [-0.15, -0.1) is 0 Å². The molecule has 1 heterocycles. The molecule has 0 fully saturated rings. The van der Waals surface area contributed by atoms with Crippen LogP contribution in [0.1, 0.15) is 22.6 Å². The van der Waals surface area contributed by atoms with Crippen LogP contribution in [0.3, 0.4) is 0 Å². The van der Waals surface area contributed by atoms with Gasteiger partial charge >= 0.3 is 0 Å². The van der Waals surface area contributed by atoms with E-state index in [1.807, 2.05) is 77.7 Å². The van der Waals surface area contributed by atoms with Gasteiger partial charge in [0.25, 0.3) is 0 Å². The summed E-state index contributed by atoms with van der Waals surface area (Å²) in [6, 6.07) is 23.6. The van der Waals surface area contributed by atoms with Gasteiger partial charge in [-0.25, -0.2) is 0 Å². The standard InChI is InChI=1S/C23H21NO3/c1-26-18-10-6-9-17(13-18)22-20-14-19(27-2)11-12-21(20)24(23(22)25)15-16-7-4-3-5-8-16/h3-14,22H,15H2,1-2H3.